The highest BCUT2D eigenvalue weighted by Gasteiger charge is 2.15. The van der Waals surface area contributed by atoms with Gasteiger partial charge in [-0.15, -0.1) is 0 Å². The lowest BCUT2D eigenvalue weighted by atomic mass is 10.3. The predicted molar refractivity (Wildman–Crippen MR) is 71.2 cm³/mol. The van der Waals surface area contributed by atoms with Gasteiger partial charge < -0.3 is 0 Å². The van der Waals surface area contributed by atoms with Gasteiger partial charge in [-0.2, -0.15) is 5.10 Å². The van der Waals surface area contributed by atoms with Gasteiger partial charge in [0.25, 0.3) is 0 Å². The van der Waals surface area contributed by atoms with Gasteiger partial charge in [-0.25, -0.2) is 18.1 Å². The van der Waals surface area contributed by atoms with E-state index in [0.717, 1.165) is 5.56 Å². The summed E-state index contributed by atoms with van der Waals surface area (Å²) in [6, 6.07) is 3.31. The first kappa shape index (κ1) is 14.0. The van der Waals surface area contributed by atoms with Gasteiger partial charge in [0, 0.05) is 25.5 Å². The third-order valence-electron chi connectivity index (χ3n) is 2.50. The first-order valence-corrected chi connectivity index (χ1v) is 7.50. The molecule has 0 aliphatic carbocycles. The highest BCUT2D eigenvalue weighted by molar-refractivity contribution is 7.89. The summed E-state index contributed by atoms with van der Waals surface area (Å²) >= 11 is 5.73. The molecule has 2 aromatic heterocycles. The molecule has 0 unspecified atom stereocenters. The van der Waals surface area contributed by atoms with Crippen molar-refractivity contribution in [3.05, 3.63) is 41.4 Å². The number of rotatable bonds is 5. The standard InChI is InChI=1S/C11H13ClN4O2S/c1-2-16-8-10(7-14-16)19(17,18)15-6-9-3-4-13-11(12)5-9/h3-5,7-8,15H,2,6H2,1H3. The molecule has 0 radical (unpaired) electrons. The summed E-state index contributed by atoms with van der Waals surface area (Å²) in [6.45, 7) is 2.66. The Morgan fingerprint density at radius 1 is 1.47 bits per heavy atom. The van der Waals surface area contributed by atoms with Crippen molar-refractivity contribution in [2.24, 2.45) is 0 Å². The SMILES string of the molecule is CCn1cc(S(=O)(=O)NCc2ccnc(Cl)c2)cn1. The molecule has 0 aliphatic heterocycles. The molecule has 0 saturated carbocycles. The Morgan fingerprint density at radius 2 is 2.26 bits per heavy atom. The molecule has 6 nitrogen and oxygen atoms in total. The van der Waals surface area contributed by atoms with Crippen LogP contribution < -0.4 is 4.72 Å². The molecule has 0 aliphatic rings. The Balaban J connectivity index is 2.09. The smallest absolute Gasteiger partial charge is 0.243 e. The molecule has 1 N–H and O–H groups in total. The molecular formula is C11H13ClN4O2S. The van der Waals surface area contributed by atoms with Crippen molar-refractivity contribution >= 4 is 21.6 Å². The van der Waals surface area contributed by atoms with Crippen LogP contribution in [0.25, 0.3) is 0 Å². The Bertz CT molecular complexity index is 669. The Labute approximate surface area is 116 Å². The van der Waals surface area contributed by atoms with E-state index in [1.165, 1.54) is 18.6 Å². The molecule has 0 atom stereocenters. The van der Waals surface area contributed by atoms with Crippen LogP contribution in [0, 0.1) is 0 Å². The molecule has 0 bridgehead atoms. The molecule has 2 aromatic rings. The molecule has 0 saturated heterocycles. The first-order valence-electron chi connectivity index (χ1n) is 5.64. The Kier molecular flexibility index (Phi) is 4.18. The van der Waals surface area contributed by atoms with Crippen LogP contribution in [-0.2, 0) is 23.1 Å². The minimum Gasteiger partial charge on any atom is -0.272 e. The zero-order chi connectivity index (χ0) is 13.9. The van der Waals surface area contributed by atoms with Crippen LogP contribution in [0.3, 0.4) is 0 Å². The fourth-order valence-corrected chi connectivity index (χ4v) is 2.64. The summed E-state index contributed by atoms with van der Waals surface area (Å²) in [5.74, 6) is 0. The zero-order valence-corrected chi connectivity index (χ0v) is 11.8. The highest BCUT2D eigenvalue weighted by atomic mass is 35.5. The van der Waals surface area contributed by atoms with E-state index < -0.39 is 10.0 Å². The lowest BCUT2D eigenvalue weighted by molar-refractivity contribution is 0.580. The second-order valence-corrected chi connectivity index (χ2v) is 6.00. The lowest BCUT2D eigenvalue weighted by Gasteiger charge is -2.04. The van der Waals surface area contributed by atoms with Gasteiger partial charge >= 0.3 is 0 Å². The second-order valence-electron chi connectivity index (χ2n) is 3.84. The van der Waals surface area contributed by atoms with E-state index in [2.05, 4.69) is 14.8 Å². The van der Waals surface area contributed by atoms with E-state index >= 15 is 0 Å². The van der Waals surface area contributed by atoms with Crippen molar-refractivity contribution < 1.29 is 8.42 Å². The largest absolute Gasteiger partial charge is 0.272 e. The second kappa shape index (κ2) is 5.68. The van der Waals surface area contributed by atoms with Crippen LogP contribution in [0.2, 0.25) is 5.15 Å². The van der Waals surface area contributed by atoms with Gasteiger partial charge in [0.05, 0.1) is 6.20 Å². The zero-order valence-electron chi connectivity index (χ0n) is 10.2. The van der Waals surface area contributed by atoms with Crippen LogP contribution in [0.15, 0.2) is 35.6 Å². The molecule has 102 valence electrons. The molecular weight excluding hydrogens is 288 g/mol. The van der Waals surface area contributed by atoms with Gasteiger partial charge in [-0.3, -0.25) is 4.68 Å². The van der Waals surface area contributed by atoms with Crippen molar-refractivity contribution in [3.8, 4) is 0 Å². The Hall–Kier alpha value is -1.44. The van der Waals surface area contributed by atoms with Crippen molar-refractivity contribution in [2.75, 3.05) is 0 Å². The van der Waals surface area contributed by atoms with Crippen molar-refractivity contribution in [3.63, 3.8) is 0 Å². The van der Waals surface area contributed by atoms with Gasteiger partial charge in [-0.1, -0.05) is 11.6 Å². The fourth-order valence-electron chi connectivity index (χ4n) is 1.47. The van der Waals surface area contributed by atoms with Crippen LogP contribution in [0.5, 0.6) is 0 Å². The summed E-state index contributed by atoms with van der Waals surface area (Å²) in [7, 11) is -3.56. The number of halogens is 1. The summed E-state index contributed by atoms with van der Waals surface area (Å²) < 4.78 is 28.1. The molecule has 2 rings (SSSR count). The van der Waals surface area contributed by atoms with E-state index in [4.69, 9.17) is 11.6 Å². The average molecular weight is 301 g/mol. The summed E-state index contributed by atoms with van der Waals surface area (Å²) in [5.41, 5.74) is 0.742. The quantitative estimate of drug-likeness (QED) is 0.848. The minimum absolute atomic E-state index is 0.148. The van der Waals surface area contributed by atoms with Gasteiger partial charge in [0.1, 0.15) is 10.0 Å². The third-order valence-corrected chi connectivity index (χ3v) is 4.06. The summed E-state index contributed by atoms with van der Waals surface area (Å²) in [5, 5.41) is 4.27. The van der Waals surface area contributed by atoms with E-state index in [9.17, 15) is 8.42 Å². The van der Waals surface area contributed by atoms with Crippen LogP contribution in [0.4, 0.5) is 0 Å². The Morgan fingerprint density at radius 3 is 2.89 bits per heavy atom. The van der Waals surface area contributed by atoms with E-state index in [1.54, 1.807) is 16.8 Å². The number of sulfonamides is 1. The predicted octanol–water partition coefficient (Wildman–Crippen LogP) is 1.43. The number of aryl methyl sites for hydroxylation is 1. The molecule has 2 heterocycles. The number of hydrogen-bond donors (Lipinski definition) is 1. The number of aromatic nitrogens is 3. The molecule has 19 heavy (non-hydrogen) atoms. The average Bonchev–Trinajstić information content (AvgIpc) is 2.86. The summed E-state index contributed by atoms with van der Waals surface area (Å²) in [4.78, 5) is 3.98. The number of nitrogens with zero attached hydrogens (tertiary/aromatic N) is 3. The van der Waals surface area contributed by atoms with Crippen molar-refractivity contribution in [1.82, 2.24) is 19.5 Å². The molecule has 0 amide bonds. The normalized spacial score (nSPS) is 11.7. The monoisotopic (exact) mass is 300 g/mol. The van der Waals surface area contributed by atoms with Crippen molar-refractivity contribution in [2.45, 2.75) is 24.9 Å². The van der Waals surface area contributed by atoms with E-state index in [0.29, 0.717) is 11.7 Å². The topological polar surface area (TPSA) is 76.9 Å². The number of nitrogens with one attached hydrogen (secondary N) is 1. The lowest BCUT2D eigenvalue weighted by Crippen LogP contribution is -2.22. The molecule has 0 aromatic carbocycles. The fraction of sp³-hybridized carbons (Fsp3) is 0.273. The van der Waals surface area contributed by atoms with Gasteiger partial charge in [0.15, 0.2) is 0 Å². The van der Waals surface area contributed by atoms with Crippen LogP contribution in [-0.4, -0.2) is 23.2 Å². The minimum atomic E-state index is -3.56. The number of hydrogen-bond acceptors (Lipinski definition) is 4. The molecule has 0 spiro atoms. The van der Waals surface area contributed by atoms with E-state index in [-0.39, 0.29) is 11.4 Å². The maximum atomic E-state index is 12.0. The van der Waals surface area contributed by atoms with Crippen molar-refractivity contribution in [1.29, 1.82) is 0 Å². The summed E-state index contributed by atoms with van der Waals surface area (Å²) in [6.07, 6.45) is 4.34. The number of pyridine rings is 1. The van der Waals surface area contributed by atoms with Gasteiger partial charge in [-0.05, 0) is 24.6 Å². The molecule has 0 fully saturated rings. The maximum Gasteiger partial charge on any atom is 0.243 e. The van der Waals surface area contributed by atoms with Gasteiger partial charge in [0.2, 0.25) is 10.0 Å². The maximum absolute atomic E-state index is 12.0. The highest BCUT2D eigenvalue weighted by Crippen LogP contribution is 2.10. The van der Waals surface area contributed by atoms with Crippen LogP contribution >= 0.6 is 11.6 Å². The molecule has 8 heteroatoms. The third kappa shape index (κ3) is 3.52. The van der Waals surface area contributed by atoms with E-state index in [1.807, 2.05) is 6.92 Å². The van der Waals surface area contributed by atoms with Crippen LogP contribution in [0.1, 0.15) is 12.5 Å². The first-order chi connectivity index (χ1) is 9.01.